The van der Waals surface area contributed by atoms with Gasteiger partial charge in [0.1, 0.15) is 0 Å². The van der Waals surface area contributed by atoms with E-state index in [2.05, 4.69) is 195 Å². The zero-order valence-electron chi connectivity index (χ0n) is 37.1. The van der Waals surface area contributed by atoms with Crippen molar-refractivity contribution in [3.63, 3.8) is 0 Å². The minimum atomic E-state index is 0.578. The summed E-state index contributed by atoms with van der Waals surface area (Å²) in [7, 11) is 0. The molecule has 0 aliphatic heterocycles. The monoisotopic (exact) mass is 881 g/mol. The smallest absolute Gasteiger partial charge is 0.164 e. The Morgan fingerprint density at radius 1 is 0.246 bits per heavy atom. The average Bonchev–Trinajstić information content (AvgIpc) is 4.06. The van der Waals surface area contributed by atoms with E-state index in [1.54, 1.807) is 0 Å². The highest BCUT2D eigenvalue weighted by Crippen LogP contribution is 2.41. The van der Waals surface area contributed by atoms with Crippen LogP contribution in [-0.4, -0.2) is 33.6 Å². The van der Waals surface area contributed by atoms with Gasteiger partial charge in [0.2, 0.25) is 0 Å². The molecule has 0 saturated carbocycles. The fourth-order valence-electron chi connectivity index (χ4n) is 10.5. The summed E-state index contributed by atoms with van der Waals surface area (Å²) in [6.07, 6.45) is 3.68. The lowest BCUT2D eigenvalue weighted by atomic mass is 9.99. The summed E-state index contributed by atoms with van der Waals surface area (Å²) < 4.78 is 7.22. The molecule has 69 heavy (non-hydrogen) atoms. The van der Waals surface area contributed by atoms with E-state index in [-0.39, 0.29) is 0 Å². The number of fused-ring (bicyclic) bond motifs is 9. The molecule has 0 saturated heterocycles. The largest absolute Gasteiger partial charge is 0.309 e. The maximum Gasteiger partial charge on any atom is 0.164 e. The van der Waals surface area contributed by atoms with E-state index < -0.39 is 0 Å². The van der Waals surface area contributed by atoms with E-state index in [0.717, 1.165) is 88.8 Å². The first-order valence-electron chi connectivity index (χ1n) is 23.2. The highest BCUT2D eigenvalue weighted by atomic mass is 15.0. The zero-order chi connectivity index (χ0) is 45.4. The molecule has 0 fully saturated rings. The summed E-state index contributed by atoms with van der Waals surface area (Å²) in [5.74, 6) is 1.79. The molecule has 0 bridgehead atoms. The Morgan fingerprint density at radius 3 is 1.07 bits per heavy atom. The van der Waals surface area contributed by atoms with E-state index in [0.29, 0.717) is 17.5 Å². The van der Waals surface area contributed by atoms with E-state index in [4.69, 9.17) is 15.0 Å². The van der Waals surface area contributed by atoms with Crippen molar-refractivity contribution in [3.8, 4) is 62.4 Å². The Hall–Kier alpha value is -9.46. The number of para-hydroxylation sites is 4. The molecule has 0 aliphatic rings. The SMILES string of the molecule is c1ccc(-c2nc(-c3ccccc3)nc(-c3cc(-n4c5cc(-n6c7ccccc7c7ccccc76)ccc5c5ccc(-n6c7ccccc7c7ccccc76)cc54)ccc3-c3ccncc3)n2)cc1. The third kappa shape index (κ3) is 6.21. The summed E-state index contributed by atoms with van der Waals surface area (Å²) >= 11 is 0. The molecule has 0 aliphatic carbocycles. The van der Waals surface area contributed by atoms with Gasteiger partial charge in [0.15, 0.2) is 17.5 Å². The topological polar surface area (TPSA) is 66.3 Å². The molecule has 5 heterocycles. The van der Waals surface area contributed by atoms with Crippen molar-refractivity contribution in [2.45, 2.75) is 0 Å². The van der Waals surface area contributed by atoms with E-state index in [9.17, 15) is 0 Å². The van der Waals surface area contributed by atoms with Crippen LogP contribution in [0.5, 0.6) is 0 Å². The fourth-order valence-corrected chi connectivity index (χ4v) is 10.5. The van der Waals surface area contributed by atoms with Crippen molar-refractivity contribution in [2.75, 3.05) is 0 Å². The summed E-state index contributed by atoms with van der Waals surface area (Å²) in [6.45, 7) is 0. The molecule has 14 aromatic rings. The number of pyridine rings is 1. The molecule has 7 heteroatoms. The fraction of sp³-hybridized carbons (Fsp3) is 0. The number of nitrogens with zero attached hydrogens (tertiary/aromatic N) is 7. The molecule has 0 spiro atoms. The summed E-state index contributed by atoms with van der Waals surface area (Å²) in [5.41, 5.74) is 14.7. The van der Waals surface area contributed by atoms with Crippen LogP contribution in [0.4, 0.5) is 0 Å². The Labute approximate surface area is 396 Å². The van der Waals surface area contributed by atoms with Gasteiger partial charge in [-0.3, -0.25) is 4.98 Å². The molecular weight excluding hydrogens is 843 g/mol. The number of hydrogen-bond acceptors (Lipinski definition) is 4. The highest BCUT2D eigenvalue weighted by molar-refractivity contribution is 6.13. The van der Waals surface area contributed by atoms with Crippen LogP contribution < -0.4 is 0 Å². The van der Waals surface area contributed by atoms with Crippen LogP contribution in [0.2, 0.25) is 0 Å². The maximum absolute atomic E-state index is 5.29. The molecule has 5 aromatic heterocycles. The number of rotatable bonds is 7. The first-order chi connectivity index (χ1) is 34.2. The van der Waals surface area contributed by atoms with Crippen molar-refractivity contribution in [1.82, 2.24) is 33.6 Å². The minimum Gasteiger partial charge on any atom is -0.309 e. The maximum atomic E-state index is 5.29. The van der Waals surface area contributed by atoms with Gasteiger partial charge in [0, 0.05) is 78.5 Å². The lowest BCUT2D eigenvalue weighted by molar-refractivity contribution is 1.07. The van der Waals surface area contributed by atoms with Crippen molar-refractivity contribution < 1.29 is 0 Å². The van der Waals surface area contributed by atoms with Gasteiger partial charge < -0.3 is 13.7 Å². The molecular formula is C62H39N7. The molecule has 0 amide bonds. The second-order valence-corrected chi connectivity index (χ2v) is 17.5. The van der Waals surface area contributed by atoms with Crippen LogP contribution in [0.15, 0.2) is 237 Å². The second-order valence-electron chi connectivity index (χ2n) is 17.5. The van der Waals surface area contributed by atoms with Gasteiger partial charge in [0.25, 0.3) is 0 Å². The quantitative estimate of drug-likeness (QED) is 0.160. The highest BCUT2D eigenvalue weighted by Gasteiger charge is 2.22. The number of aromatic nitrogens is 7. The third-order valence-electron chi connectivity index (χ3n) is 13.6. The van der Waals surface area contributed by atoms with Crippen LogP contribution >= 0.6 is 0 Å². The van der Waals surface area contributed by atoms with Gasteiger partial charge in [-0.15, -0.1) is 0 Å². The normalized spacial score (nSPS) is 11.8. The van der Waals surface area contributed by atoms with Gasteiger partial charge in [0.05, 0.1) is 33.1 Å². The molecule has 0 atom stereocenters. The van der Waals surface area contributed by atoms with Crippen molar-refractivity contribution >= 4 is 65.4 Å². The summed E-state index contributed by atoms with van der Waals surface area (Å²) in [5, 5.41) is 7.21. The third-order valence-corrected chi connectivity index (χ3v) is 13.6. The first kappa shape index (κ1) is 38.8. The standard InChI is InChI=1S/C62H39N7/c1-3-15-41(16-4-1)60-64-61(42-17-5-2-6-18-42)66-62(65-60)53-37-43(27-30-46(53)40-33-35-63-36-34-40)69-58-38-44(67-54-23-11-7-19-47(54)48-20-8-12-24-55(48)67)28-31-51(58)52-32-29-45(39-59(52)69)68-56-25-13-9-21-49(56)50-22-10-14-26-57(50)68/h1-39H. The predicted molar refractivity (Wildman–Crippen MR) is 282 cm³/mol. The van der Waals surface area contributed by atoms with Gasteiger partial charge >= 0.3 is 0 Å². The van der Waals surface area contributed by atoms with E-state index >= 15 is 0 Å². The Morgan fingerprint density at radius 2 is 0.609 bits per heavy atom. The first-order valence-corrected chi connectivity index (χ1v) is 23.2. The van der Waals surface area contributed by atoms with Crippen LogP contribution in [0, 0.1) is 0 Å². The molecule has 0 unspecified atom stereocenters. The molecule has 0 radical (unpaired) electrons. The van der Waals surface area contributed by atoms with Crippen molar-refractivity contribution in [3.05, 3.63) is 237 Å². The number of hydrogen-bond donors (Lipinski definition) is 0. The van der Waals surface area contributed by atoms with E-state index in [1.807, 2.05) is 60.9 Å². The van der Waals surface area contributed by atoms with Gasteiger partial charge in [-0.05, 0) is 83.9 Å². The van der Waals surface area contributed by atoms with Crippen LogP contribution in [-0.2, 0) is 0 Å². The van der Waals surface area contributed by atoms with Crippen LogP contribution in [0.25, 0.3) is 128 Å². The molecule has 322 valence electrons. The lowest BCUT2D eigenvalue weighted by Gasteiger charge is -2.16. The molecule has 0 N–H and O–H groups in total. The Balaban J connectivity index is 1.07. The Kier molecular flexibility index (Phi) is 8.75. The van der Waals surface area contributed by atoms with E-state index in [1.165, 1.54) is 21.5 Å². The Bertz CT molecular complexity index is 3970. The van der Waals surface area contributed by atoms with Gasteiger partial charge in [-0.25, -0.2) is 15.0 Å². The van der Waals surface area contributed by atoms with Crippen molar-refractivity contribution in [2.24, 2.45) is 0 Å². The van der Waals surface area contributed by atoms with Crippen LogP contribution in [0.1, 0.15) is 0 Å². The molecule has 14 rings (SSSR count). The average molecular weight is 882 g/mol. The lowest BCUT2D eigenvalue weighted by Crippen LogP contribution is -2.03. The molecule has 9 aromatic carbocycles. The van der Waals surface area contributed by atoms with Gasteiger partial charge in [-0.1, -0.05) is 152 Å². The minimum absolute atomic E-state index is 0.578. The number of benzene rings is 9. The van der Waals surface area contributed by atoms with Crippen molar-refractivity contribution in [1.29, 1.82) is 0 Å². The second kappa shape index (κ2) is 15.6. The summed E-state index contributed by atoms with van der Waals surface area (Å²) in [4.78, 5) is 20.0. The van der Waals surface area contributed by atoms with Gasteiger partial charge in [-0.2, -0.15) is 0 Å². The predicted octanol–water partition coefficient (Wildman–Crippen LogP) is 15.2. The molecule has 7 nitrogen and oxygen atoms in total. The summed E-state index contributed by atoms with van der Waals surface area (Å²) in [6, 6.07) is 79.7. The van der Waals surface area contributed by atoms with Crippen LogP contribution in [0.3, 0.4) is 0 Å². The zero-order valence-corrected chi connectivity index (χ0v) is 37.1.